The van der Waals surface area contributed by atoms with Gasteiger partial charge in [0, 0.05) is 13.1 Å². The Bertz CT molecular complexity index is 593. The number of rotatable bonds is 1. The molecule has 1 heteroatoms. The molecule has 0 bridgehead atoms. The van der Waals surface area contributed by atoms with Crippen molar-refractivity contribution in [1.29, 1.82) is 0 Å². The monoisotopic (exact) mass is 251 g/mol. The first-order chi connectivity index (χ1) is 9.15. The third kappa shape index (κ3) is 2.31. The average molecular weight is 251 g/mol. The molecular formula is C18H21N. The first-order valence-corrected chi connectivity index (χ1v) is 7.02. The predicted octanol–water partition coefficient (Wildman–Crippen LogP) is 3.96. The lowest BCUT2D eigenvalue weighted by Gasteiger charge is -2.25. The Morgan fingerprint density at radius 1 is 0.947 bits per heavy atom. The Morgan fingerprint density at radius 2 is 1.68 bits per heavy atom. The minimum absolute atomic E-state index is 1.09. The Kier molecular flexibility index (Phi) is 3.16. The largest absolute Gasteiger partial charge is 0.302 e. The maximum absolute atomic E-state index is 2.40. The SMILES string of the molecule is Cc1cccc(C)c1-c1ccc2c(c1)CCN(C)C2. The van der Waals surface area contributed by atoms with E-state index in [4.69, 9.17) is 0 Å². The molecule has 0 aromatic heterocycles. The summed E-state index contributed by atoms with van der Waals surface area (Å²) in [6.45, 7) is 6.66. The molecule has 98 valence electrons. The Morgan fingerprint density at radius 3 is 2.42 bits per heavy atom. The Hall–Kier alpha value is -1.60. The topological polar surface area (TPSA) is 3.24 Å². The highest BCUT2D eigenvalue weighted by molar-refractivity contribution is 5.71. The highest BCUT2D eigenvalue weighted by Crippen LogP contribution is 2.30. The second-order valence-corrected chi connectivity index (χ2v) is 5.74. The van der Waals surface area contributed by atoms with Gasteiger partial charge in [-0.2, -0.15) is 0 Å². The minimum atomic E-state index is 1.09. The first kappa shape index (κ1) is 12.4. The van der Waals surface area contributed by atoms with Crippen LogP contribution in [0.25, 0.3) is 11.1 Å². The third-order valence-corrected chi connectivity index (χ3v) is 4.18. The zero-order valence-corrected chi connectivity index (χ0v) is 12.0. The molecule has 1 nitrogen and oxygen atoms in total. The molecule has 0 radical (unpaired) electrons. The molecule has 0 fully saturated rings. The van der Waals surface area contributed by atoms with Crippen molar-refractivity contribution in [2.24, 2.45) is 0 Å². The lowest BCUT2D eigenvalue weighted by atomic mass is 9.91. The molecule has 0 atom stereocenters. The number of nitrogens with zero attached hydrogens (tertiary/aromatic N) is 1. The second-order valence-electron chi connectivity index (χ2n) is 5.74. The summed E-state index contributed by atoms with van der Waals surface area (Å²) in [7, 11) is 2.20. The average Bonchev–Trinajstić information content (AvgIpc) is 2.38. The van der Waals surface area contributed by atoms with E-state index in [1.165, 1.54) is 46.3 Å². The molecule has 0 N–H and O–H groups in total. The molecule has 1 aliphatic rings. The van der Waals surface area contributed by atoms with E-state index >= 15 is 0 Å². The van der Waals surface area contributed by atoms with Crippen LogP contribution in [0.1, 0.15) is 22.3 Å². The van der Waals surface area contributed by atoms with Crippen LogP contribution in [0.5, 0.6) is 0 Å². The van der Waals surface area contributed by atoms with Crippen LogP contribution < -0.4 is 0 Å². The molecule has 3 rings (SSSR count). The van der Waals surface area contributed by atoms with Crippen molar-refractivity contribution in [3.63, 3.8) is 0 Å². The summed E-state index contributed by atoms with van der Waals surface area (Å²) >= 11 is 0. The number of hydrogen-bond acceptors (Lipinski definition) is 1. The van der Waals surface area contributed by atoms with Crippen molar-refractivity contribution >= 4 is 0 Å². The van der Waals surface area contributed by atoms with Gasteiger partial charge in [-0.3, -0.25) is 0 Å². The van der Waals surface area contributed by atoms with Gasteiger partial charge in [0.2, 0.25) is 0 Å². The van der Waals surface area contributed by atoms with Crippen LogP contribution in [0.3, 0.4) is 0 Å². The lowest BCUT2D eigenvalue weighted by Crippen LogP contribution is -2.26. The van der Waals surface area contributed by atoms with Gasteiger partial charge in [0.1, 0.15) is 0 Å². The number of aryl methyl sites for hydroxylation is 2. The number of benzene rings is 2. The van der Waals surface area contributed by atoms with Gasteiger partial charge >= 0.3 is 0 Å². The zero-order valence-electron chi connectivity index (χ0n) is 12.0. The molecule has 0 saturated carbocycles. The van der Waals surface area contributed by atoms with E-state index in [0.717, 1.165) is 6.54 Å². The number of hydrogen-bond donors (Lipinski definition) is 0. The van der Waals surface area contributed by atoms with Crippen molar-refractivity contribution in [3.8, 4) is 11.1 Å². The normalized spacial score (nSPS) is 15.3. The fourth-order valence-electron chi connectivity index (χ4n) is 3.12. The van der Waals surface area contributed by atoms with Crippen LogP contribution in [0.4, 0.5) is 0 Å². The van der Waals surface area contributed by atoms with Gasteiger partial charge in [-0.05, 0) is 60.7 Å². The van der Waals surface area contributed by atoms with E-state index in [-0.39, 0.29) is 0 Å². The maximum atomic E-state index is 2.40. The fourth-order valence-corrected chi connectivity index (χ4v) is 3.12. The van der Waals surface area contributed by atoms with Crippen molar-refractivity contribution in [1.82, 2.24) is 4.90 Å². The zero-order chi connectivity index (χ0) is 13.4. The molecule has 1 aliphatic heterocycles. The van der Waals surface area contributed by atoms with E-state index in [1.54, 1.807) is 0 Å². The third-order valence-electron chi connectivity index (χ3n) is 4.18. The van der Waals surface area contributed by atoms with E-state index in [0.29, 0.717) is 0 Å². The van der Waals surface area contributed by atoms with Gasteiger partial charge in [0.05, 0.1) is 0 Å². The standard InChI is InChI=1S/C18H21N/c1-13-5-4-6-14(2)18(13)16-7-8-17-12-19(3)10-9-15(17)11-16/h4-8,11H,9-10,12H2,1-3H3. The van der Waals surface area contributed by atoms with E-state index < -0.39 is 0 Å². The van der Waals surface area contributed by atoms with E-state index in [1.807, 2.05) is 0 Å². The van der Waals surface area contributed by atoms with Crippen molar-refractivity contribution < 1.29 is 0 Å². The summed E-state index contributed by atoms with van der Waals surface area (Å²) in [6, 6.07) is 13.5. The summed E-state index contributed by atoms with van der Waals surface area (Å²) in [5.74, 6) is 0. The molecule has 2 aromatic carbocycles. The van der Waals surface area contributed by atoms with Gasteiger partial charge in [-0.1, -0.05) is 36.4 Å². The summed E-state index contributed by atoms with van der Waals surface area (Å²) in [6.07, 6.45) is 1.17. The van der Waals surface area contributed by atoms with Crippen molar-refractivity contribution in [3.05, 3.63) is 58.7 Å². The Labute approximate surface area is 115 Å². The summed E-state index contributed by atoms with van der Waals surface area (Å²) in [5, 5.41) is 0. The van der Waals surface area contributed by atoms with Crippen LogP contribution in [0.2, 0.25) is 0 Å². The highest BCUT2D eigenvalue weighted by Gasteiger charge is 2.14. The quantitative estimate of drug-likeness (QED) is 0.741. The van der Waals surface area contributed by atoms with Gasteiger partial charge in [-0.25, -0.2) is 0 Å². The van der Waals surface area contributed by atoms with Crippen molar-refractivity contribution in [2.75, 3.05) is 13.6 Å². The molecule has 0 spiro atoms. The molecule has 1 heterocycles. The van der Waals surface area contributed by atoms with Crippen LogP contribution in [-0.4, -0.2) is 18.5 Å². The molecule has 0 unspecified atom stereocenters. The van der Waals surface area contributed by atoms with Crippen LogP contribution in [0, 0.1) is 13.8 Å². The predicted molar refractivity (Wildman–Crippen MR) is 81.4 cm³/mol. The molecule has 2 aromatic rings. The van der Waals surface area contributed by atoms with E-state index in [9.17, 15) is 0 Å². The van der Waals surface area contributed by atoms with Crippen molar-refractivity contribution in [2.45, 2.75) is 26.8 Å². The smallest absolute Gasteiger partial charge is 0.0233 e. The summed E-state index contributed by atoms with van der Waals surface area (Å²) in [4.78, 5) is 2.39. The van der Waals surface area contributed by atoms with E-state index in [2.05, 4.69) is 62.2 Å². The minimum Gasteiger partial charge on any atom is -0.302 e. The second kappa shape index (κ2) is 4.82. The number of fused-ring (bicyclic) bond motifs is 1. The highest BCUT2D eigenvalue weighted by atomic mass is 15.1. The van der Waals surface area contributed by atoms with Crippen LogP contribution in [-0.2, 0) is 13.0 Å². The van der Waals surface area contributed by atoms with Crippen LogP contribution in [0.15, 0.2) is 36.4 Å². The molecule has 0 saturated heterocycles. The molecule has 0 amide bonds. The number of likely N-dealkylation sites (N-methyl/N-ethyl adjacent to an activating group) is 1. The van der Waals surface area contributed by atoms with Gasteiger partial charge in [0.25, 0.3) is 0 Å². The van der Waals surface area contributed by atoms with Gasteiger partial charge in [-0.15, -0.1) is 0 Å². The van der Waals surface area contributed by atoms with Gasteiger partial charge in [0.15, 0.2) is 0 Å². The lowest BCUT2D eigenvalue weighted by molar-refractivity contribution is 0.313. The van der Waals surface area contributed by atoms with Gasteiger partial charge < -0.3 is 4.90 Å². The summed E-state index contributed by atoms with van der Waals surface area (Å²) < 4.78 is 0. The van der Waals surface area contributed by atoms with Crippen LogP contribution >= 0.6 is 0 Å². The molecule has 0 aliphatic carbocycles. The first-order valence-electron chi connectivity index (χ1n) is 7.02. The maximum Gasteiger partial charge on any atom is 0.0233 e. The molecule has 19 heavy (non-hydrogen) atoms. The fraction of sp³-hybridized carbons (Fsp3) is 0.333. The molecular weight excluding hydrogens is 230 g/mol. The Balaban J connectivity index is 2.08. The summed E-state index contributed by atoms with van der Waals surface area (Å²) in [5.41, 5.74) is 8.53.